The average Bonchev–Trinajstić information content (AvgIpc) is 2.90. The molecule has 0 fully saturated rings. The van der Waals surface area contributed by atoms with Crippen molar-refractivity contribution in [3.63, 3.8) is 0 Å². The van der Waals surface area contributed by atoms with Gasteiger partial charge in [0.05, 0.1) is 10.7 Å². The van der Waals surface area contributed by atoms with Gasteiger partial charge in [-0.1, -0.05) is 23.0 Å². The third-order valence-electron chi connectivity index (χ3n) is 2.50. The highest BCUT2D eigenvalue weighted by molar-refractivity contribution is 7.08. The van der Waals surface area contributed by atoms with Gasteiger partial charge in [-0.25, -0.2) is 0 Å². The zero-order valence-electron chi connectivity index (χ0n) is 10.8. The van der Waals surface area contributed by atoms with Gasteiger partial charge >= 0.3 is 6.61 Å². The van der Waals surface area contributed by atoms with E-state index in [1.165, 1.54) is 18.2 Å². The monoisotopic (exact) mass is 333 g/mol. The van der Waals surface area contributed by atoms with Gasteiger partial charge in [-0.3, -0.25) is 4.79 Å². The first kappa shape index (κ1) is 15.6. The van der Waals surface area contributed by atoms with Crippen LogP contribution in [0.3, 0.4) is 0 Å². The van der Waals surface area contributed by atoms with Crippen LogP contribution in [0.5, 0.6) is 5.75 Å². The fourth-order valence-electron chi connectivity index (χ4n) is 1.57. The first-order valence-electron chi connectivity index (χ1n) is 5.88. The topological polar surface area (TPSA) is 64.1 Å². The highest BCUT2D eigenvalue weighted by Gasteiger charge is 2.16. The van der Waals surface area contributed by atoms with Gasteiger partial charge < -0.3 is 10.1 Å². The van der Waals surface area contributed by atoms with Crippen molar-refractivity contribution in [3.05, 3.63) is 33.8 Å². The number of hydrogen-bond donors (Lipinski definition) is 1. The molecule has 1 aromatic heterocycles. The number of hydrogen-bond acceptors (Lipinski definition) is 5. The smallest absolute Gasteiger partial charge is 0.387 e. The van der Waals surface area contributed by atoms with Crippen LogP contribution in [0.2, 0.25) is 5.02 Å². The van der Waals surface area contributed by atoms with Crippen LogP contribution in [-0.2, 0) is 6.42 Å². The van der Waals surface area contributed by atoms with E-state index in [0.717, 1.165) is 11.5 Å². The maximum atomic E-state index is 12.1. The summed E-state index contributed by atoms with van der Waals surface area (Å²) in [6.45, 7) is -1.10. The van der Waals surface area contributed by atoms with E-state index in [1.807, 2.05) is 6.92 Å². The summed E-state index contributed by atoms with van der Waals surface area (Å²) in [5.74, 6) is -0.529. The molecule has 0 unspecified atom stereocenters. The van der Waals surface area contributed by atoms with Crippen molar-refractivity contribution in [2.24, 2.45) is 0 Å². The van der Waals surface area contributed by atoms with E-state index < -0.39 is 6.61 Å². The normalized spacial score (nSPS) is 10.7. The third-order valence-corrected chi connectivity index (χ3v) is 3.56. The van der Waals surface area contributed by atoms with Gasteiger partial charge in [0.1, 0.15) is 10.6 Å². The fraction of sp³-hybridized carbons (Fsp3) is 0.250. The molecule has 9 heteroatoms. The molecule has 2 aromatic rings. The first-order chi connectivity index (χ1) is 10.0. The van der Waals surface area contributed by atoms with Crippen molar-refractivity contribution >= 4 is 34.7 Å². The van der Waals surface area contributed by atoms with Gasteiger partial charge in [0, 0.05) is 5.69 Å². The van der Waals surface area contributed by atoms with Crippen molar-refractivity contribution in [2.75, 3.05) is 5.32 Å². The molecular formula is C12H10ClF2N3O2S. The van der Waals surface area contributed by atoms with Gasteiger partial charge in [0.25, 0.3) is 5.91 Å². The number of rotatable bonds is 5. The van der Waals surface area contributed by atoms with E-state index in [4.69, 9.17) is 11.6 Å². The molecule has 1 heterocycles. The average molecular weight is 334 g/mol. The number of amides is 1. The van der Waals surface area contributed by atoms with E-state index >= 15 is 0 Å². The van der Waals surface area contributed by atoms with Crippen molar-refractivity contribution in [1.82, 2.24) is 9.59 Å². The number of aryl methyl sites for hydroxylation is 1. The minimum Gasteiger partial charge on any atom is -0.433 e. The standard InChI is InChI=1S/C12H10ClF2N3O2S/c1-2-8-10(21-18-17-8)11(19)16-6-3-4-9(7(13)5-6)20-12(14)15/h3-5,12H,2H2,1H3,(H,16,19). The lowest BCUT2D eigenvalue weighted by Gasteiger charge is -2.09. The van der Waals surface area contributed by atoms with E-state index in [2.05, 4.69) is 19.6 Å². The van der Waals surface area contributed by atoms with Crippen LogP contribution in [0.25, 0.3) is 0 Å². The lowest BCUT2D eigenvalue weighted by molar-refractivity contribution is -0.0497. The lowest BCUT2D eigenvalue weighted by atomic mass is 10.2. The Kier molecular flexibility index (Phi) is 5.03. The van der Waals surface area contributed by atoms with Crippen LogP contribution in [-0.4, -0.2) is 22.1 Å². The molecule has 0 spiro atoms. The number of benzene rings is 1. The molecule has 0 saturated carbocycles. The summed E-state index contributed by atoms with van der Waals surface area (Å²) in [7, 11) is 0. The number of nitrogens with one attached hydrogen (secondary N) is 1. The first-order valence-corrected chi connectivity index (χ1v) is 7.03. The molecular weight excluding hydrogens is 324 g/mol. The van der Waals surface area contributed by atoms with Crippen LogP contribution in [0.4, 0.5) is 14.5 Å². The number of anilines is 1. The Morgan fingerprint density at radius 1 is 1.52 bits per heavy atom. The number of nitrogens with zero attached hydrogens (tertiary/aromatic N) is 2. The largest absolute Gasteiger partial charge is 0.433 e. The maximum Gasteiger partial charge on any atom is 0.387 e. The lowest BCUT2D eigenvalue weighted by Crippen LogP contribution is -2.12. The zero-order valence-corrected chi connectivity index (χ0v) is 12.3. The highest BCUT2D eigenvalue weighted by atomic mass is 35.5. The van der Waals surface area contributed by atoms with Crippen LogP contribution in [0.1, 0.15) is 22.3 Å². The molecule has 0 bridgehead atoms. The summed E-state index contributed by atoms with van der Waals surface area (Å²) in [6, 6.07) is 4.01. The molecule has 0 atom stereocenters. The summed E-state index contributed by atoms with van der Waals surface area (Å²) in [6.07, 6.45) is 0.584. The Balaban J connectivity index is 2.13. The van der Waals surface area contributed by atoms with E-state index in [1.54, 1.807) is 0 Å². The third kappa shape index (κ3) is 3.85. The SMILES string of the molecule is CCc1nnsc1C(=O)Nc1ccc(OC(F)F)c(Cl)c1. The number of ether oxygens (including phenoxy) is 1. The summed E-state index contributed by atoms with van der Waals surface area (Å²) in [5.41, 5.74) is 0.961. The Labute approximate surface area is 128 Å². The van der Waals surface area contributed by atoms with Crippen LogP contribution < -0.4 is 10.1 Å². The Bertz CT molecular complexity index is 651. The molecule has 0 aliphatic rings. The molecule has 5 nitrogen and oxygen atoms in total. The highest BCUT2D eigenvalue weighted by Crippen LogP contribution is 2.29. The van der Waals surface area contributed by atoms with Gasteiger partial charge in [0.15, 0.2) is 0 Å². The van der Waals surface area contributed by atoms with Gasteiger partial charge in [0.2, 0.25) is 0 Å². The quantitative estimate of drug-likeness (QED) is 0.908. The van der Waals surface area contributed by atoms with Gasteiger partial charge in [-0.05, 0) is 36.2 Å². The summed E-state index contributed by atoms with van der Waals surface area (Å²) >= 11 is 6.80. The van der Waals surface area contributed by atoms with Gasteiger partial charge in [-0.15, -0.1) is 5.10 Å². The molecule has 21 heavy (non-hydrogen) atoms. The summed E-state index contributed by atoms with van der Waals surface area (Å²) in [4.78, 5) is 12.5. The minimum absolute atomic E-state index is 0.0220. The molecule has 1 N–H and O–H groups in total. The predicted octanol–water partition coefficient (Wildman–Crippen LogP) is 3.61. The number of carbonyl (C=O) groups is 1. The second-order valence-electron chi connectivity index (χ2n) is 3.88. The maximum absolute atomic E-state index is 12.1. The second kappa shape index (κ2) is 6.77. The van der Waals surface area contributed by atoms with Crippen LogP contribution >= 0.6 is 23.1 Å². The van der Waals surface area contributed by atoms with Crippen molar-refractivity contribution in [3.8, 4) is 5.75 Å². The molecule has 112 valence electrons. The van der Waals surface area contributed by atoms with E-state index in [0.29, 0.717) is 22.7 Å². The summed E-state index contributed by atoms with van der Waals surface area (Å²) in [5, 5.41) is 6.42. The van der Waals surface area contributed by atoms with E-state index in [-0.39, 0.29) is 16.7 Å². The Morgan fingerprint density at radius 3 is 2.90 bits per heavy atom. The van der Waals surface area contributed by atoms with Crippen molar-refractivity contribution < 1.29 is 18.3 Å². The van der Waals surface area contributed by atoms with Crippen LogP contribution in [0, 0.1) is 0 Å². The molecule has 0 aliphatic carbocycles. The second-order valence-corrected chi connectivity index (χ2v) is 5.04. The Morgan fingerprint density at radius 2 is 2.29 bits per heavy atom. The number of alkyl halides is 2. The zero-order chi connectivity index (χ0) is 15.4. The van der Waals surface area contributed by atoms with Crippen molar-refractivity contribution in [1.29, 1.82) is 0 Å². The van der Waals surface area contributed by atoms with E-state index in [9.17, 15) is 13.6 Å². The molecule has 2 rings (SSSR count). The molecule has 0 aliphatic heterocycles. The minimum atomic E-state index is -2.96. The number of halogens is 3. The van der Waals surface area contributed by atoms with Crippen LogP contribution in [0.15, 0.2) is 18.2 Å². The fourth-order valence-corrected chi connectivity index (χ4v) is 2.44. The number of carbonyl (C=O) groups excluding carboxylic acids is 1. The Hall–Kier alpha value is -1.80. The molecule has 0 radical (unpaired) electrons. The van der Waals surface area contributed by atoms with Gasteiger partial charge in [-0.2, -0.15) is 8.78 Å². The molecule has 1 amide bonds. The summed E-state index contributed by atoms with van der Waals surface area (Å²) < 4.78 is 32.2. The van der Waals surface area contributed by atoms with Crippen molar-refractivity contribution in [2.45, 2.75) is 20.0 Å². The molecule has 0 saturated heterocycles. The number of aromatic nitrogens is 2. The predicted molar refractivity (Wildman–Crippen MR) is 75.3 cm³/mol. The molecule has 1 aromatic carbocycles.